The van der Waals surface area contributed by atoms with E-state index in [1.165, 1.54) is 0 Å². The lowest BCUT2D eigenvalue weighted by molar-refractivity contribution is -0.0217. The number of hydrogen-bond acceptors (Lipinski definition) is 3. The average molecular weight is 415 g/mol. The minimum absolute atomic E-state index is 0.138. The Balaban J connectivity index is 1.93. The summed E-state index contributed by atoms with van der Waals surface area (Å²) >= 11 is 0. The molecule has 5 atom stereocenters. The predicted octanol–water partition coefficient (Wildman–Crippen LogP) is 5.65. The van der Waals surface area contributed by atoms with E-state index in [0.29, 0.717) is 5.75 Å². The van der Waals surface area contributed by atoms with Crippen LogP contribution in [0.2, 0.25) is 0 Å². The number of benzene rings is 2. The zero-order valence-electron chi connectivity index (χ0n) is 16.0. The number of nitrogens with zero attached hydrogens (tertiary/aromatic N) is 6. The van der Waals surface area contributed by atoms with E-state index in [9.17, 15) is 0 Å². The van der Waals surface area contributed by atoms with Gasteiger partial charge >= 0.3 is 0 Å². The number of alkyl halides is 1. The summed E-state index contributed by atoms with van der Waals surface area (Å²) in [6.07, 6.45) is -2.28. The van der Waals surface area contributed by atoms with Gasteiger partial charge in [-0.2, -0.15) is 0 Å². The summed E-state index contributed by atoms with van der Waals surface area (Å²) in [5.74, 6) is 0.403. The summed E-state index contributed by atoms with van der Waals surface area (Å²) in [5, 5.41) is 7.16. The van der Waals surface area contributed by atoms with Crippen LogP contribution in [0.25, 0.3) is 20.9 Å². The summed E-state index contributed by atoms with van der Waals surface area (Å²) in [5.41, 5.74) is 19.8. The van der Waals surface area contributed by atoms with Gasteiger partial charge in [-0.1, -0.05) is 70.4 Å². The zero-order chi connectivity index (χ0) is 20.6. The van der Waals surface area contributed by atoms with Crippen molar-refractivity contribution in [1.82, 2.24) is 0 Å². The Bertz CT molecular complexity index is 899. The van der Waals surface area contributed by atoms with Gasteiger partial charge in [-0.3, -0.25) is 0 Å². The molecule has 152 valence electrons. The molecule has 1 saturated heterocycles. The number of halogens is 1. The first-order valence-electron chi connectivity index (χ1n) is 9.32. The van der Waals surface area contributed by atoms with Crippen molar-refractivity contribution in [1.29, 1.82) is 0 Å². The Morgan fingerprint density at radius 1 is 1.10 bits per heavy atom. The van der Waals surface area contributed by atoms with Crippen molar-refractivity contribution in [3.8, 4) is 0 Å². The van der Waals surface area contributed by atoms with Crippen LogP contribution in [0.15, 0.2) is 69.7 Å². The molecule has 9 heteroatoms. The third-order valence-corrected chi connectivity index (χ3v) is 8.01. The van der Waals surface area contributed by atoms with Crippen molar-refractivity contribution in [3.63, 3.8) is 0 Å². The summed E-state index contributed by atoms with van der Waals surface area (Å²) in [7, 11) is -0.946. The smallest absolute Gasteiger partial charge is 0.136 e. The zero-order valence-corrected chi connectivity index (χ0v) is 16.9. The molecule has 1 aliphatic heterocycles. The lowest BCUT2D eigenvalue weighted by Gasteiger charge is -2.45. The molecule has 7 nitrogen and oxygen atoms in total. The molecule has 3 rings (SSSR count). The fourth-order valence-corrected chi connectivity index (χ4v) is 6.49. The molecule has 0 bridgehead atoms. The van der Waals surface area contributed by atoms with E-state index in [4.69, 9.17) is 15.8 Å². The van der Waals surface area contributed by atoms with Crippen molar-refractivity contribution in [2.45, 2.75) is 42.0 Å². The van der Waals surface area contributed by atoms with Crippen molar-refractivity contribution in [2.24, 2.45) is 10.2 Å². The second-order valence-corrected chi connectivity index (χ2v) is 9.43. The Labute approximate surface area is 171 Å². The quantitative estimate of drug-likeness (QED) is 0.269. The molecule has 1 fully saturated rings. The number of thiol groups is 1. The summed E-state index contributed by atoms with van der Waals surface area (Å²) in [6, 6.07) is 16.7. The number of ether oxygens (including phenoxy) is 1. The largest absolute Gasteiger partial charge is 0.369 e. The van der Waals surface area contributed by atoms with Crippen molar-refractivity contribution >= 4 is 10.9 Å². The van der Waals surface area contributed by atoms with E-state index < -0.39 is 29.2 Å². The molecule has 0 aliphatic carbocycles. The maximum absolute atomic E-state index is 15.3. The molecule has 1 heterocycles. The van der Waals surface area contributed by atoms with Crippen molar-refractivity contribution in [2.75, 3.05) is 12.3 Å². The maximum Gasteiger partial charge on any atom is 0.136 e. The van der Waals surface area contributed by atoms with E-state index in [2.05, 4.69) is 20.1 Å². The van der Waals surface area contributed by atoms with Crippen LogP contribution in [0.1, 0.15) is 11.1 Å². The van der Waals surface area contributed by atoms with Crippen LogP contribution in [0, 0.1) is 6.92 Å². The predicted molar refractivity (Wildman–Crippen MR) is 114 cm³/mol. The van der Waals surface area contributed by atoms with Gasteiger partial charge in [-0.05, 0) is 34.2 Å². The maximum atomic E-state index is 15.3. The highest BCUT2D eigenvalue weighted by atomic mass is 32.2. The molecule has 1 aliphatic rings. The lowest BCUT2D eigenvalue weighted by Crippen LogP contribution is -2.50. The van der Waals surface area contributed by atoms with Gasteiger partial charge in [0.05, 0.1) is 12.6 Å². The van der Waals surface area contributed by atoms with Crippen LogP contribution >= 0.6 is 10.9 Å². The van der Waals surface area contributed by atoms with Gasteiger partial charge in [-0.15, -0.1) is 0 Å². The summed E-state index contributed by atoms with van der Waals surface area (Å²) in [6.45, 7) is 2.37. The minimum atomic E-state index is -1.46. The van der Waals surface area contributed by atoms with Gasteiger partial charge in [0.2, 0.25) is 0 Å². The molecule has 1 unspecified atom stereocenters. The SMILES string of the molecule is Cc1ccc([SH]2C[C@H](N=[N+]=[N-])[C@@H](F)[C@@H](OCc3ccccc3)[C@@H]2CN=[N+]=[N-])cc1. The Hall–Kier alpha value is -2.70. The highest BCUT2D eigenvalue weighted by molar-refractivity contribution is 8.17. The molecular weight excluding hydrogens is 391 g/mol. The third-order valence-electron chi connectivity index (χ3n) is 5.03. The highest BCUT2D eigenvalue weighted by Crippen LogP contribution is 2.49. The topological polar surface area (TPSA) is 107 Å². The molecular formula is C20H23FN6OS. The Kier molecular flexibility index (Phi) is 7.38. The molecule has 29 heavy (non-hydrogen) atoms. The monoisotopic (exact) mass is 414 g/mol. The van der Waals surface area contributed by atoms with E-state index in [-0.39, 0.29) is 18.4 Å². The first kappa shape index (κ1) is 21.0. The first-order valence-corrected chi connectivity index (χ1v) is 10.9. The standard InChI is InChI=1S/C20H23FN6OS/c1-14-7-9-16(10-8-14)29-13-17(25-27-23)19(21)20(18(29)11-24-26-22)28-12-15-5-3-2-4-6-15/h2-10,17-20,29H,11-13H2,1H3/t17-,18-,19+,20-/m0/s1. The van der Waals surface area contributed by atoms with Crippen molar-refractivity contribution in [3.05, 3.63) is 86.6 Å². The number of azide groups is 2. The molecule has 0 spiro atoms. The number of rotatable bonds is 7. The van der Waals surface area contributed by atoms with Gasteiger partial charge in [0.1, 0.15) is 12.3 Å². The van der Waals surface area contributed by atoms with Crippen molar-refractivity contribution < 1.29 is 9.13 Å². The minimum Gasteiger partial charge on any atom is -0.369 e. The van der Waals surface area contributed by atoms with E-state index >= 15 is 4.39 Å². The third kappa shape index (κ3) is 5.22. The fraction of sp³-hybridized carbons (Fsp3) is 0.400. The normalized spacial score (nSPS) is 27.4. The van der Waals surface area contributed by atoms with E-state index in [1.54, 1.807) is 0 Å². The van der Waals surface area contributed by atoms with Crippen LogP contribution < -0.4 is 0 Å². The molecule has 0 radical (unpaired) electrons. The average Bonchev–Trinajstić information content (AvgIpc) is 2.74. The van der Waals surface area contributed by atoms with Gasteiger partial charge in [0.25, 0.3) is 0 Å². The van der Waals surface area contributed by atoms with E-state index in [1.807, 2.05) is 61.5 Å². The summed E-state index contributed by atoms with van der Waals surface area (Å²) < 4.78 is 21.3. The van der Waals surface area contributed by atoms with Crippen LogP contribution in [0.5, 0.6) is 0 Å². The van der Waals surface area contributed by atoms with E-state index in [0.717, 1.165) is 16.0 Å². The number of hydrogen-bond donors (Lipinski definition) is 1. The van der Waals surface area contributed by atoms with Crippen LogP contribution in [0.4, 0.5) is 4.39 Å². The molecule has 0 N–H and O–H groups in total. The molecule has 0 saturated carbocycles. The summed E-state index contributed by atoms with van der Waals surface area (Å²) in [4.78, 5) is 6.79. The van der Waals surface area contributed by atoms with Gasteiger partial charge in [0, 0.05) is 21.6 Å². The second-order valence-electron chi connectivity index (χ2n) is 6.95. The first-order chi connectivity index (χ1) is 14.1. The fourth-order valence-electron chi connectivity index (χ4n) is 3.54. The lowest BCUT2D eigenvalue weighted by atomic mass is 10.0. The van der Waals surface area contributed by atoms with Crippen LogP contribution in [-0.2, 0) is 11.3 Å². The highest BCUT2D eigenvalue weighted by Gasteiger charge is 2.44. The Morgan fingerprint density at radius 3 is 2.48 bits per heavy atom. The van der Waals surface area contributed by atoms with Crippen LogP contribution in [-0.4, -0.2) is 35.9 Å². The molecule has 2 aromatic carbocycles. The Morgan fingerprint density at radius 2 is 1.83 bits per heavy atom. The second kappa shape index (κ2) is 10.2. The van der Waals surface area contributed by atoms with Gasteiger partial charge in [-0.25, -0.2) is 15.3 Å². The molecule has 2 aromatic rings. The van der Waals surface area contributed by atoms with Gasteiger partial charge in [0.15, 0.2) is 0 Å². The van der Waals surface area contributed by atoms with Crippen LogP contribution in [0.3, 0.4) is 0 Å². The number of aryl methyl sites for hydroxylation is 1. The molecule has 0 aromatic heterocycles. The van der Waals surface area contributed by atoms with Gasteiger partial charge < -0.3 is 4.74 Å². The molecule has 0 amide bonds.